The van der Waals surface area contributed by atoms with Crippen molar-refractivity contribution < 1.29 is 14.3 Å². The number of carbonyl (C=O) groups is 1. The van der Waals surface area contributed by atoms with E-state index in [9.17, 15) is 4.79 Å². The van der Waals surface area contributed by atoms with E-state index in [1.54, 1.807) is 12.6 Å². The number of nitrogens with one attached hydrogen (secondary N) is 1. The highest BCUT2D eigenvalue weighted by molar-refractivity contribution is 7.13. The second-order valence-corrected chi connectivity index (χ2v) is 5.39. The van der Waals surface area contributed by atoms with Gasteiger partial charge in [-0.3, -0.25) is 5.32 Å². The Labute approximate surface area is 125 Å². The molecule has 2 amide bonds. The number of rotatable bonds is 3. The Morgan fingerprint density at radius 3 is 3.05 bits per heavy atom. The number of amides is 2. The summed E-state index contributed by atoms with van der Waals surface area (Å²) >= 11 is 1.27. The van der Waals surface area contributed by atoms with Crippen molar-refractivity contribution in [1.82, 2.24) is 15.1 Å². The lowest BCUT2D eigenvalue weighted by molar-refractivity contribution is 0.0731. The molecule has 1 aliphatic rings. The standard InChI is InChI=1S/C13H14N4O3S/c1-17(13(18)15-12-16-14-8-21-12)6-9-7-19-10-4-2-3-5-11(10)20-9/h2-5,8-9H,6-7H2,1H3,(H,15,16,18). The molecular formula is C13H14N4O3S. The molecule has 0 saturated carbocycles. The molecule has 2 aromatic rings. The average Bonchev–Trinajstić information content (AvgIpc) is 3.00. The van der Waals surface area contributed by atoms with Crippen molar-refractivity contribution in [1.29, 1.82) is 0 Å². The Morgan fingerprint density at radius 1 is 1.48 bits per heavy atom. The Hall–Kier alpha value is -2.35. The number of benzene rings is 1. The lowest BCUT2D eigenvalue weighted by Crippen LogP contribution is -2.43. The zero-order valence-electron chi connectivity index (χ0n) is 11.4. The van der Waals surface area contributed by atoms with Gasteiger partial charge in [-0.1, -0.05) is 23.5 Å². The van der Waals surface area contributed by atoms with Crippen molar-refractivity contribution in [2.24, 2.45) is 0 Å². The minimum absolute atomic E-state index is 0.204. The summed E-state index contributed by atoms with van der Waals surface area (Å²) in [6, 6.07) is 7.23. The molecule has 1 aromatic carbocycles. The van der Waals surface area contributed by atoms with Gasteiger partial charge in [-0.15, -0.1) is 10.2 Å². The minimum Gasteiger partial charge on any atom is -0.486 e. The lowest BCUT2D eigenvalue weighted by atomic mass is 10.2. The molecule has 110 valence electrons. The molecular weight excluding hydrogens is 292 g/mol. The van der Waals surface area contributed by atoms with E-state index in [-0.39, 0.29) is 12.1 Å². The van der Waals surface area contributed by atoms with Crippen molar-refractivity contribution in [3.8, 4) is 11.5 Å². The predicted octanol–water partition coefficient (Wildman–Crippen LogP) is 1.84. The van der Waals surface area contributed by atoms with Crippen LogP contribution in [0.3, 0.4) is 0 Å². The number of aromatic nitrogens is 2. The van der Waals surface area contributed by atoms with Crippen LogP contribution in [0.25, 0.3) is 0 Å². The molecule has 0 fully saturated rings. The number of fused-ring (bicyclic) bond motifs is 1. The van der Waals surface area contributed by atoms with E-state index >= 15 is 0 Å². The number of carbonyl (C=O) groups excluding carboxylic acids is 1. The van der Waals surface area contributed by atoms with Gasteiger partial charge in [0.15, 0.2) is 17.6 Å². The number of nitrogens with zero attached hydrogens (tertiary/aromatic N) is 3. The maximum atomic E-state index is 12.0. The highest BCUT2D eigenvalue weighted by atomic mass is 32.1. The van der Waals surface area contributed by atoms with Gasteiger partial charge < -0.3 is 14.4 Å². The normalized spacial score (nSPS) is 16.3. The molecule has 0 radical (unpaired) electrons. The molecule has 2 heterocycles. The molecule has 1 atom stereocenters. The largest absolute Gasteiger partial charge is 0.486 e. The van der Waals surface area contributed by atoms with E-state index in [0.717, 1.165) is 5.75 Å². The first-order chi connectivity index (χ1) is 10.2. The summed E-state index contributed by atoms with van der Waals surface area (Å²) in [6.45, 7) is 0.826. The predicted molar refractivity (Wildman–Crippen MR) is 77.9 cm³/mol. The summed E-state index contributed by atoms with van der Waals surface area (Å²) in [4.78, 5) is 13.5. The van der Waals surface area contributed by atoms with Crippen LogP contribution in [0, 0.1) is 0 Å². The van der Waals surface area contributed by atoms with Gasteiger partial charge in [0.25, 0.3) is 0 Å². The number of hydrogen-bond acceptors (Lipinski definition) is 6. The monoisotopic (exact) mass is 306 g/mol. The summed E-state index contributed by atoms with van der Waals surface area (Å²) in [6.07, 6.45) is -0.204. The number of ether oxygens (including phenoxy) is 2. The lowest BCUT2D eigenvalue weighted by Gasteiger charge is -2.29. The van der Waals surface area contributed by atoms with Crippen LogP contribution in [0.15, 0.2) is 29.8 Å². The zero-order valence-corrected chi connectivity index (χ0v) is 12.2. The molecule has 0 saturated heterocycles. The number of anilines is 1. The third-order valence-corrected chi connectivity index (χ3v) is 3.57. The highest BCUT2D eigenvalue weighted by Gasteiger charge is 2.23. The number of para-hydroxylation sites is 2. The van der Waals surface area contributed by atoms with Crippen LogP contribution < -0.4 is 14.8 Å². The van der Waals surface area contributed by atoms with Gasteiger partial charge in [0.05, 0.1) is 6.54 Å². The number of urea groups is 1. The molecule has 0 aliphatic carbocycles. The van der Waals surface area contributed by atoms with Crippen molar-refractivity contribution in [3.63, 3.8) is 0 Å². The molecule has 7 nitrogen and oxygen atoms in total. The van der Waals surface area contributed by atoms with Gasteiger partial charge in [-0.25, -0.2) is 4.79 Å². The quantitative estimate of drug-likeness (QED) is 0.936. The Bertz CT molecular complexity index is 620. The summed E-state index contributed by atoms with van der Waals surface area (Å²) in [5.41, 5.74) is 1.56. The van der Waals surface area contributed by atoms with Crippen LogP contribution in [0.2, 0.25) is 0 Å². The fourth-order valence-corrected chi connectivity index (χ4v) is 2.39. The van der Waals surface area contributed by atoms with Gasteiger partial charge in [0.1, 0.15) is 12.1 Å². The van der Waals surface area contributed by atoms with E-state index in [0.29, 0.717) is 24.0 Å². The third-order valence-electron chi connectivity index (χ3n) is 2.97. The molecule has 3 rings (SSSR count). The molecule has 21 heavy (non-hydrogen) atoms. The van der Waals surface area contributed by atoms with Gasteiger partial charge in [-0.05, 0) is 12.1 Å². The van der Waals surface area contributed by atoms with Gasteiger partial charge in [0.2, 0.25) is 5.13 Å². The SMILES string of the molecule is CN(CC1COc2ccccc2O1)C(=O)Nc1nncs1. The maximum absolute atomic E-state index is 12.0. The Balaban J connectivity index is 1.56. The second kappa shape index (κ2) is 5.96. The minimum atomic E-state index is -0.255. The van der Waals surface area contributed by atoms with Crippen LogP contribution >= 0.6 is 11.3 Å². The van der Waals surface area contributed by atoms with E-state index < -0.39 is 0 Å². The zero-order chi connectivity index (χ0) is 14.7. The number of likely N-dealkylation sites (N-methyl/N-ethyl adjacent to an activating group) is 1. The van der Waals surface area contributed by atoms with Crippen LogP contribution in [0.5, 0.6) is 11.5 Å². The second-order valence-electron chi connectivity index (χ2n) is 4.55. The fraction of sp³-hybridized carbons (Fsp3) is 0.308. The molecule has 0 bridgehead atoms. The van der Waals surface area contributed by atoms with Crippen molar-refractivity contribution in [2.75, 3.05) is 25.5 Å². The third kappa shape index (κ3) is 3.22. The molecule has 1 aromatic heterocycles. The van der Waals surface area contributed by atoms with Crippen LogP contribution in [0.4, 0.5) is 9.93 Å². The highest BCUT2D eigenvalue weighted by Crippen LogP contribution is 2.30. The first-order valence-electron chi connectivity index (χ1n) is 6.39. The van der Waals surface area contributed by atoms with E-state index in [4.69, 9.17) is 9.47 Å². The molecule has 1 N–H and O–H groups in total. The van der Waals surface area contributed by atoms with Gasteiger partial charge >= 0.3 is 6.03 Å². The average molecular weight is 306 g/mol. The Morgan fingerprint density at radius 2 is 2.29 bits per heavy atom. The fourth-order valence-electron chi connectivity index (χ4n) is 1.96. The summed E-state index contributed by atoms with van der Waals surface area (Å²) in [5.74, 6) is 1.43. The maximum Gasteiger partial charge on any atom is 0.323 e. The first-order valence-corrected chi connectivity index (χ1v) is 7.27. The van der Waals surface area contributed by atoms with Crippen LogP contribution in [-0.2, 0) is 0 Å². The van der Waals surface area contributed by atoms with E-state index in [1.165, 1.54) is 16.2 Å². The topological polar surface area (TPSA) is 76.6 Å². The molecule has 1 aliphatic heterocycles. The molecule has 8 heteroatoms. The van der Waals surface area contributed by atoms with Crippen molar-refractivity contribution in [3.05, 3.63) is 29.8 Å². The van der Waals surface area contributed by atoms with E-state index in [2.05, 4.69) is 15.5 Å². The first kappa shape index (κ1) is 13.6. The smallest absolute Gasteiger partial charge is 0.323 e. The molecule has 1 unspecified atom stereocenters. The summed E-state index contributed by atoms with van der Waals surface area (Å²) in [7, 11) is 1.69. The molecule has 0 spiro atoms. The van der Waals surface area contributed by atoms with E-state index in [1.807, 2.05) is 24.3 Å². The summed E-state index contributed by atoms with van der Waals surface area (Å²) in [5, 5.41) is 10.6. The summed E-state index contributed by atoms with van der Waals surface area (Å²) < 4.78 is 11.4. The van der Waals surface area contributed by atoms with Crippen LogP contribution in [-0.4, -0.2) is 47.4 Å². The van der Waals surface area contributed by atoms with Crippen molar-refractivity contribution in [2.45, 2.75) is 6.10 Å². The number of hydrogen-bond donors (Lipinski definition) is 1. The van der Waals surface area contributed by atoms with Gasteiger partial charge in [0, 0.05) is 7.05 Å². The Kier molecular flexibility index (Phi) is 3.87. The van der Waals surface area contributed by atoms with Crippen LogP contribution in [0.1, 0.15) is 0 Å². The van der Waals surface area contributed by atoms with Gasteiger partial charge in [-0.2, -0.15) is 0 Å². The van der Waals surface area contributed by atoms with Crippen molar-refractivity contribution >= 4 is 22.5 Å².